The Morgan fingerprint density at radius 3 is 2.61 bits per heavy atom. The Balaban J connectivity index is 1.78. The number of halogens is 1. The monoisotopic (exact) mass is 249 g/mol. The van der Waals surface area contributed by atoms with Crippen LogP contribution >= 0.6 is 0 Å². The topological polar surface area (TPSA) is 37.4 Å². The van der Waals surface area contributed by atoms with Crippen molar-refractivity contribution in [1.29, 1.82) is 0 Å². The van der Waals surface area contributed by atoms with Crippen LogP contribution < -0.4 is 0 Å². The lowest BCUT2D eigenvalue weighted by atomic mass is 10.1. The number of nitrogens with zero attached hydrogens (tertiary/aromatic N) is 1. The predicted molar refractivity (Wildman–Crippen MR) is 65.8 cm³/mol. The summed E-state index contributed by atoms with van der Waals surface area (Å²) in [4.78, 5) is 24.9. The zero-order valence-electron chi connectivity index (χ0n) is 10.2. The Bertz CT molecular complexity index is 442. The maximum absolute atomic E-state index is 12.7. The molecule has 1 aromatic rings. The molecule has 0 unspecified atom stereocenters. The number of hydrogen-bond donors (Lipinski definition) is 0. The van der Waals surface area contributed by atoms with Gasteiger partial charge in [0.1, 0.15) is 5.82 Å². The molecule has 1 saturated heterocycles. The smallest absolute Gasteiger partial charge is 0.222 e. The number of benzene rings is 1. The average Bonchev–Trinajstić information content (AvgIpc) is 2.76. The molecule has 1 aliphatic rings. The molecule has 96 valence electrons. The van der Waals surface area contributed by atoms with E-state index in [1.807, 2.05) is 0 Å². The normalized spacial score (nSPS) is 15.2. The maximum Gasteiger partial charge on any atom is 0.222 e. The molecule has 18 heavy (non-hydrogen) atoms. The first-order valence-electron chi connectivity index (χ1n) is 6.23. The fraction of sp³-hybridized carbons (Fsp3) is 0.429. The highest BCUT2D eigenvalue weighted by Gasteiger charge is 2.19. The van der Waals surface area contributed by atoms with Crippen molar-refractivity contribution >= 4 is 11.7 Å². The highest BCUT2D eigenvalue weighted by atomic mass is 19.1. The first-order valence-corrected chi connectivity index (χ1v) is 6.23. The number of likely N-dealkylation sites (tertiary alicyclic amines) is 1. The SMILES string of the molecule is O=C(CCCN1CCCC1=O)c1ccc(F)cc1. The van der Waals surface area contributed by atoms with E-state index >= 15 is 0 Å². The summed E-state index contributed by atoms with van der Waals surface area (Å²) in [6.45, 7) is 1.45. The van der Waals surface area contributed by atoms with Gasteiger partial charge in [-0.15, -0.1) is 0 Å². The molecule has 0 saturated carbocycles. The van der Waals surface area contributed by atoms with Crippen LogP contribution in [0.15, 0.2) is 24.3 Å². The van der Waals surface area contributed by atoms with E-state index in [0.29, 0.717) is 31.4 Å². The van der Waals surface area contributed by atoms with Crippen molar-refractivity contribution in [3.05, 3.63) is 35.6 Å². The van der Waals surface area contributed by atoms with E-state index in [1.165, 1.54) is 24.3 Å². The van der Waals surface area contributed by atoms with Gasteiger partial charge in [-0.05, 0) is 37.1 Å². The van der Waals surface area contributed by atoms with Gasteiger partial charge < -0.3 is 4.90 Å². The lowest BCUT2D eigenvalue weighted by Gasteiger charge is -2.14. The standard InChI is InChI=1S/C14H16FNO2/c15-12-7-5-11(6-8-12)13(17)3-1-9-16-10-2-4-14(16)18/h5-8H,1-4,9-10H2. The molecule has 1 heterocycles. The zero-order valence-corrected chi connectivity index (χ0v) is 10.2. The molecule has 1 fully saturated rings. The van der Waals surface area contributed by atoms with Crippen LogP contribution in [0.5, 0.6) is 0 Å². The average molecular weight is 249 g/mol. The molecule has 0 aliphatic carbocycles. The summed E-state index contributed by atoms with van der Waals surface area (Å²) in [6.07, 6.45) is 2.62. The van der Waals surface area contributed by atoms with Crippen molar-refractivity contribution in [3.63, 3.8) is 0 Å². The number of carbonyl (C=O) groups excluding carboxylic acids is 2. The summed E-state index contributed by atoms with van der Waals surface area (Å²) in [5.74, 6) is -0.153. The van der Waals surface area contributed by atoms with Crippen LogP contribution in [0, 0.1) is 5.82 Å². The van der Waals surface area contributed by atoms with E-state index in [-0.39, 0.29) is 17.5 Å². The quantitative estimate of drug-likeness (QED) is 0.751. The van der Waals surface area contributed by atoms with Crippen LogP contribution in [0.2, 0.25) is 0 Å². The molecule has 1 aliphatic heterocycles. The van der Waals surface area contributed by atoms with Gasteiger partial charge in [0.15, 0.2) is 5.78 Å². The third-order valence-corrected chi connectivity index (χ3v) is 3.17. The molecule has 0 radical (unpaired) electrons. The fourth-order valence-electron chi connectivity index (χ4n) is 2.15. The van der Waals surface area contributed by atoms with E-state index in [4.69, 9.17) is 0 Å². The van der Waals surface area contributed by atoms with E-state index < -0.39 is 0 Å². The number of hydrogen-bond acceptors (Lipinski definition) is 2. The van der Waals surface area contributed by atoms with Gasteiger partial charge in [-0.1, -0.05) is 0 Å². The number of rotatable bonds is 5. The third kappa shape index (κ3) is 3.15. The first-order chi connectivity index (χ1) is 8.66. The molecule has 2 rings (SSSR count). The Morgan fingerprint density at radius 1 is 1.28 bits per heavy atom. The highest BCUT2D eigenvalue weighted by molar-refractivity contribution is 5.96. The molecule has 0 spiro atoms. The van der Waals surface area contributed by atoms with Crippen molar-refractivity contribution in [1.82, 2.24) is 4.90 Å². The second-order valence-electron chi connectivity index (χ2n) is 4.52. The molecule has 0 bridgehead atoms. The van der Waals surface area contributed by atoms with Gasteiger partial charge in [-0.3, -0.25) is 9.59 Å². The third-order valence-electron chi connectivity index (χ3n) is 3.17. The summed E-state index contributed by atoms with van der Waals surface area (Å²) >= 11 is 0. The number of Topliss-reactive ketones (excluding diaryl/α,β-unsaturated/α-hetero) is 1. The molecule has 1 aromatic carbocycles. The minimum absolute atomic E-state index is 0.00152. The summed E-state index contributed by atoms with van der Waals surface area (Å²) in [5.41, 5.74) is 0.532. The second kappa shape index (κ2) is 5.76. The van der Waals surface area contributed by atoms with Crippen LogP contribution in [0.25, 0.3) is 0 Å². The predicted octanol–water partition coefficient (Wildman–Crippen LogP) is 2.41. The summed E-state index contributed by atoms with van der Waals surface area (Å²) in [7, 11) is 0. The minimum Gasteiger partial charge on any atom is -0.343 e. The van der Waals surface area contributed by atoms with Crippen LogP contribution in [-0.4, -0.2) is 29.7 Å². The zero-order chi connectivity index (χ0) is 13.0. The van der Waals surface area contributed by atoms with Crippen molar-refractivity contribution in [2.24, 2.45) is 0 Å². The van der Waals surface area contributed by atoms with Gasteiger partial charge in [0, 0.05) is 31.5 Å². The second-order valence-corrected chi connectivity index (χ2v) is 4.52. The summed E-state index contributed by atoms with van der Waals surface area (Å²) in [5, 5.41) is 0. The molecule has 1 amide bonds. The van der Waals surface area contributed by atoms with Gasteiger partial charge in [0.25, 0.3) is 0 Å². The van der Waals surface area contributed by atoms with E-state index in [1.54, 1.807) is 4.90 Å². The first kappa shape index (κ1) is 12.7. The largest absolute Gasteiger partial charge is 0.343 e. The minimum atomic E-state index is -0.339. The van der Waals surface area contributed by atoms with Gasteiger partial charge in [-0.2, -0.15) is 0 Å². The Labute approximate surface area is 106 Å². The Kier molecular flexibility index (Phi) is 4.07. The number of amides is 1. The van der Waals surface area contributed by atoms with E-state index in [0.717, 1.165) is 13.0 Å². The van der Waals surface area contributed by atoms with Gasteiger partial charge in [-0.25, -0.2) is 4.39 Å². The lowest BCUT2D eigenvalue weighted by Crippen LogP contribution is -2.26. The summed E-state index contributed by atoms with van der Waals surface area (Å²) < 4.78 is 12.7. The molecule has 3 nitrogen and oxygen atoms in total. The number of carbonyl (C=O) groups is 2. The lowest BCUT2D eigenvalue weighted by molar-refractivity contribution is -0.127. The molecular formula is C14H16FNO2. The van der Waals surface area contributed by atoms with Crippen LogP contribution in [-0.2, 0) is 4.79 Å². The Hall–Kier alpha value is -1.71. The molecule has 0 atom stereocenters. The molecule has 4 heteroatoms. The number of ketones is 1. The van der Waals surface area contributed by atoms with E-state index in [9.17, 15) is 14.0 Å². The van der Waals surface area contributed by atoms with Crippen LogP contribution in [0.1, 0.15) is 36.0 Å². The van der Waals surface area contributed by atoms with Crippen molar-refractivity contribution in [2.45, 2.75) is 25.7 Å². The van der Waals surface area contributed by atoms with Gasteiger partial charge in [0.05, 0.1) is 0 Å². The molecular weight excluding hydrogens is 233 g/mol. The van der Waals surface area contributed by atoms with Crippen LogP contribution in [0.3, 0.4) is 0 Å². The molecule has 0 N–H and O–H groups in total. The van der Waals surface area contributed by atoms with Crippen LogP contribution in [0.4, 0.5) is 4.39 Å². The molecule has 0 aromatic heterocycles. The summed E-state index contributed by atoms with van der Waals surface area (Å²) in [6, 6.07) is 5.58. The van der Waals surface area contributed by atoms with Crippen molar-refractivity contribution < 1.29 is 14.0 Å². The van der Waals surface area contributed by atoms with Crippen molar-refractivity contribution in [2.75, 3.05) is 13.1 Å². The van der Waals surface area contributed by atoms with E-state index in [2.05, 4.69) is 0 Å². The van der Waals surface area contributed by atoms with Crippen molar-refractivity contribution in [3.8, 4) is 0 Å². The fourth-order valence-corrected chi connectivity index (χ4v) is 2.15. The van der Waals surface area contributed by atoms with Gasteiger partial charge in [0.2, 0.25) is 5.91 Å². The highest BCUT2D eigenvalue weighted by Crippen LogP contribution is 2.12. The van der Waals surface area contributed by atoms with Gasteiger partial charge >= 0.3 is 0 Å². The Morgan fingerprint density at radius 2 is 2.00 bits per heavy atom. The maximum atomic E-state index is 12.7.